The van der Waals surface area contributed by atoms with E-state index in [4.69, 9.17) is 4.74 Å². The van der Waals surface area contributed by atoms with E-state index in [-0.39, 0.29) is 12.5 Å². The van der Waals surface area contributed by atoms with E-state index in [0.29, 0.717) is 30.7 Å². The second-order valence-electron chi connectivity index (χ2n) is 9.79. The molecule has 0 spiro atoms. The molecule has 1 fully saturated rings. The van der Waals surface area contributed by atoms with Gasteiger partial charge >= 0.3 is 12.1 Å². The van der Waals surface area contributed by atoms with E-state index in [2.05, 4.69) is 16.9 Å². The second kappa shape index (κ2) is 13.9. The number of unbranched alkanes of at least 4 members (excludes halogenated alkanes) is 1. The molecule has 2 aromatic rings. The molecule has 0 bridgehead atoms. The van der Waals surface area contributed by atoms with Gasteiger partial charge in [0.25, 0.3) is 5.91 Å². The molecule has 204 valence electrons. The van der Waals surface area contributed by atoms with Crippen LogP contribution >= 0.6 is 11.3 Å². The molecule has 1 aliphatic heterocycles. The zero-order valence-electron chi connectivity index (χ0n) is 21.5. The summed E-state index contributed by atoms with van der Waals surface area (Å²) in [5.41, 5.74) is 1.30. The monoisotopic (exact) mass is 537 g/mol. The summed E-state index contributed by atoms with van der Waals surface area (Å²) < 4.78 is 38.0. The van der Waals surface area contributed by atoms with Crippen LogP contribution in [0, 0.1) is 5.92 Å². The molecule has 3 atom stereocenters. The summed E-state index contributed by atoms with van der Waals surface area (Å²) in [5.74, 6) is -4.41. The molecule has 2 heterocycles. The highest BCUT2D eigenvalue weighted by Gasteiger charge is 2.52. The summed E-state index contributed by atoms with van der Waals surface area (Å²) in [5, 5.41) is 11.0. The van der Waals surface area contributed by atoms with Crippen molar-refractivity contribution in [2.75, 3.05) is 13.7 Å². The van der Waals surface area contributed by atoms with Crippen LogP contribution in [0.1, 0.15) is 62.3 Å². The van der Waals surface area contributed by atoms with Crippen LogP contribution in [0.15, 0.2) is 42.5 Å². The number of carbonyl (C=O) groups is 2. The molecular weight excluding hydrogens is 500 g/mol. The van der Waals surface area contributed by atoms with Gasteiger partial charge in [-0.1, -0.05) is 43.7 Å². The highest BCUT2D eigenvalue weighted by atomic mass is 32.1. The van der Waals surface area contributed by atoms with Gasteiger partial charge in [-0.15, -0.1) is 11.3 Å². The minimum atomic E-state index is -3.36. The van der Waals surface area contributed by atoms with Gasteiger partial charge in [-0.2, -0.15) is 8.78 Å². The Morgan fingerprint density at radius 3 is 2.62 bits per heavy atom. The molecule has 6 nitrogen and oxygen atoms in total. The average Bonchev–Trinajstić information content (AvgIpc) is 3.42. The number of thiophene rings is 1. The number of nitrogens with zero attached hydrogens (tertiary/aromatic N) is 1. The second-order valence-corrected chi connectivity index (χ2v) is 10.9. The van der Waals surface area contributed by atoms with Crippen LogP contribution in [0.5, 0.6) is 5.06 Å². The Labute approximate surface area is 221 Å². The number of hydrogen-bond acceptors (Lipinski definition) is 6. The molecule has 1 saturated heterocycles. The van der Waals surface area contributed by atoms with E-state index in [1.165, 1.54) is 28.9 Å². The fourth-order valence-electron chi connectivity index (χ4n) is 4.79. The normalized spacial score (nSPS) is 18.6. The minimum Gasteiger partial charge on any atom is -0.437 e. The highest BCUT2D eigenvalue weighted by Crippen LogP contribution is 2.36. The first kappa shape index (κ1) is 29.0. The summed E-state index contributed by atoms with van der Waals surface area (Å²) in [6, 6.07) is 13.2. The first-order valence-electron chi connectivity index (χ1n) is 12.9. The Morgan fingerprint density at radius 2 is 1.89 bits per heavy atom. The molecule has 0 aliphatic carbocycles. The Bertz CT molecular complexity index is 999. The lowest BCUT2D eigenvalue weighted by Crippen LogP contribution is -2.37. The summed E-state index contributed by atoms with van der Waals surface area (Å²) in [6.07, 6.45) is 3.86. The number of ether oxygens (including phenoxy) is 2. The maximum Gasteiger partial charge on any atom is 0.514 e. The first-order chi connectivity index (χ1) is 17.7. The van der Waals surface area contributed by atoms with Crippen molar-refractivity contribution in [3.05, 3.63) is 52.9 Å². The van der Waals surface area contributed by atoms with Crippen LogP contribution < -0.4 is 4.74 Å². The average molecular weight is 538 g/mol. The van der Waals surface area contributed by atoms with Gasteiger partial charge < -0.3 is 19.5 Å². The van der Waals surface area contributed by atoms with Crippen molar-refractivity contribution in [1.29, 1.82) is 0 Å². The van der Waals surface area contributed by atoms with E-state index in [1.807, 2.05) is 25.1 Å². The standard InChI is InChI=1S/C28H37F2NO5S/c1-20(9-6-7-12-21-10-4-3-5-11-21)24(32)16-14-22-19-28(29,30)26(33)31(22)18-8-13-23-15-17-25(37-23)36-27(34)35-2/h3-5,10-11,15,17,20,22,24,32H,6-9,12-14,16,18-19H2,1-2H3/t20-,22-,24+/m0/s1. The summed E-state index contributed by atoms with van der Waals surface area (Å²) >= 11 is 1.28. The van der Waals surface area contributed by atoms with Crippen LogP contribution in [0.3, 0.4) is 0 Å². The van der Waals surface area contributed by atoms with Gasteiger partial charge in [0.1, 0.15) is 0 Å². The lowest BCUT2D eigenvalue weighted by atomic mass is 9.92. The Kier molecular flexibility index (Phi) is 10.9. The molecule has 1 N–H and O–H groups in total. The third kappa shape index (κ3) is 8.78. The molecule has 1 aromatic heterocycles. The van der Waals surface area contributed by atoms with Crippen LogP contribution in [0.4, 0.5) is 13.6 Å². The molecule has 0 saturated carbocycles. The summed E-state index contributed by atoms with van der Waals surface area (Å²) in [7, 11) is 1.23. The van der Waals surface area contributed by atoms with Crippen molar-refractivity contribution in [1.82, 2.24) is 4.90 Å². The van der Waals surface area contributed by atoms with Gasteiger partial charge in [-0.05, 0) is 68.6 Å². The van der Waals surface area contributed by atoms with E-state index < -0.39 is 36.6 Å². The fraction of sp³-hybridized carbons (Fsp3) is 0.571. The number of aliphatic hydroxyl groups is 1. The van der Waals surface area contributed by atoms with Crippen LogP contribution in [0.25, 0.3) is 0 Å². The predicted octanol–water partition coefficient (Wildman–Crippen LogP) is 6.25. The van der Waals surface area contributed by atoms with E-state index in [9.17, 15) is 23.5 Å². The van der Waals surface area contributed by atoms with Gasteiger partial charge in [0.15, 0.2) is 5.06 Å². The molecule has 3 rings (SSSR count). The van der Waals surface area contributed by atoms with Crippen LogP contribution in [-0.4, -0.2) is 53.8 Å². The highest BCUT2D eigenvalue weighted by molar-refractivity contribution is 7.13. The fourth-order valence-corrected chi connectivity index (χ4v) is 5.67. The third-order valence-corrected chi connectivity index (χ3v) is 8.01. The number of likely N-dealkylation sites (tertiary alicyclic amines) is 1. The molecule has 0 radical (unpaired) electrons. The van der Waals surface area contributed by atoms with Crippen LogP contribution in [0.2, 0.25) is 0 Å². The van der Waals surface area contributed by atoms with Gasteiger partial charge in [-0.25, -0.2) is 4.79 Å². The maximum atomic E-state index is 14.3. The van der Waals surface area contributed by atoms with Crippen molar-refractivity contribution in [2.45, 2.75) is 82.8 Å². The number of hydrogen-bond donors (Lipinski definition) is 1. The molecule has 9 heteroatoms. The number of methoxy groups -OCH3 is 1. The number of amides is 1. The van der Waals surface area contributed by atoms with E-state index in [0.717, 1.165) is 30.6 Å². The van der Waals surface area contributed by atoms with Gasteiger partial charge in [-0.3, -0.25) is 4.79 Å². The molecule has 1 aliphatic rings. The quantitative estimate of drug-likeness (QED) is 0.228. The van der Waals surface area contributed by atoms with E-state index in [1.54, 1.807) is 12.1 Å². The zero-order valence-corrected chi connectivity index (χ0v) is 22.4. The van der Waals surface area contributed by atoms with Crippen molar-refractivity contribution in [2.24, 2.45) is 5.92 Å². The number of carbonyl (C=O) groups excluding carboxylic acids is 2. The predicted molar refractivity (Wildman–Crippen MR) is 139 cm³/mol. The molecule has 0 unspecified atom stereocenters. The number of alkyl halides is 2. The SMILES string of the molecule is COC(=O)Oc1ccc(CCCN2C(=O)C(F)(F)C[C@@H]2CC[C@@H](O)[C@@H](C)CCCCc2ccccc2)s1. The topological polar surface area (TPSA) is 76.1 Å². The summed E-state index contributed by atoms with van der Waals surface area (Å²) in [6.45, 7) is 2.22. The molecule has 1 aromatic carbocycles. The maximum absolute atomic E-state index is 14.3. The largest absolute Gasteiger partial charge is 0.514 e. The van der Waals surface area contributed by atoms with Crippen molar-refractivity contribution >= 4 is 23.4 Å². The van der Waals surface area contributed by atoms with Crippen molar-refractivity contribution < 1.29 is 33.0 Å². The molecule has 1 amide bonds. The first-order valence-corrected chi connectivity index (χ1v) is 13.8. The number of aliphatic hydroxyl groups excluding tert-OH is 1. The number of benzene rings is 1. The van der Waals surface area contributed by atoms with E-state index >= 15 is 0 Å². The Balaban J connectivity index is 1.42. The lowest BCUT2D eigenvalue weighted by Gasteiger charge is -2.26. The summed E-state index contributed by atoms with van der Waals surface area (Å²) in [4.78, 5) is 25.8. The molecule has 37 heavy (non-hydrogen) atoms. The Hall–Kier alpha value is -2.52. The van der Waals surface area contributed by atoms with Crippen molar-refractivity contribution in [3.63, 3.8) is 0 Å². The number of halogens is 2. The molecular formula is C28H37F2NO5S. The van der Waals surface area contributed by atoms with Crippen molar-refractivity contribution in [3.8, 4) is 5.06 Å². The number of rotatable bonds is 14. The van der Waals surface area contributed by atoms with Gasteiger partial charge in [0.2, 0.25) is 0 Å². The Morgan fingerprint density at radius 1 is 1.14 bits per heavy atom. The van der Waals surface area contributed by atoms with Crippen LogP contribution in [-0.2, 0) is 22.4 Å². The lowest BCUT2D eigenvalue weighted by molar-refractivity contribution is -0.148. The number of aryl methyl sites for hydroxylation is 2. The van der Waals surface area contributed by atoms with Gasteiger partial charge in [0.05, 0.1) is 13.2 Å². The third-order valence-electron chi connectivity index (χ3n) is 6.99. The minimum absolute atomic E-state index is 0.0714. The smallest absolute Gasteiger partial charge is 0.437 e. The van der Waals surface area contributed by atoms with Gasteiger partial charge in [0, 0.05) is 23.9 Å². The zero-order chi connectivity index (χ0) is 26.8.